The minimum absolute atomic E-state index is 0.345. The maximum absolute atomic E-state index is 12.1. The number of nitrogens with zero attached hydrogens (tertiary/aromatic N) is 1. The molecule has 0 atom stereocenters. The zero-order valence-corrected chi connectivity index (χ0v) is 16.1. The van der Waals surface area contributed by atoms with E-state index >= 15 is 0 Å². The van der Waals surface area contributed by atoms with E-state index in [9.17, 15) is 4.79 Å². The second-order valence-corrected chi connectivity index (χ2v) is 6.78. The number of pyridine rings is 1. The first-order valence-electron chi connectivity index (χ1n) is 9.30. The fraction of sp³-hybridized carbons (Fsp3) is 0.0833. The average Bonchev–Trinajstić information content (AvgIpc) is 2.75. The number of ether oxygens (including phenoxy) is 1. The van der Waals surface area contributed by atoms with Gasteiger partial charge >= 0.3 is 0 Å². The second-order valence-electron chi connectivity index (χ2n) is 6.78. The summed E-state index contributed by atoms with van der Waals surface area (Å²) in [5, 5.41) is 4.19. The summed E-state index contributed by atoms with van der Waals surface area (Å²) in [5.41, 5.74) is 10.6. The predicted octanol–water partition coefficient (Wildman–Crippen LogP) is 4.68. The lowest BCUT2D eigenvalue weighted by Gasteiger charge is -2.15. The van der Waals surface area contributed by atoms with Crippen molar-refractivity contribution in [1.29, 1.82) is 0 Å². The summed E-state index contributed by atoms with van der Waals surface area (Å²) in [5.74, 6) is 0.192. The SMILES string of the molecule is COc1cccc(Nc2c(C(N)=O)cnc3ccc(Cc4ccccc4)cc23)c1. The molecule has 0 aliphatic rings. The first-order chi connectivity index (χ1) is 14.1. The van der Waals surface area contributed by atoms with E-state index in [4.69, 9.17) is 10.5 Å². The van der Waals surface area contributed by atoms with Crippen molar-refractivity contribution in [1.82, 2.24) is 4.98 Å². The Kier molecular flexibility index (Phi) is 5.12. The molecule has 5 heteroatoms. The van der Waals surface area contributed by atoms with E-state index in [1.807, 2.05) is 48.5 Å². The quantitative estimate of drug-likeness (QED) is 0.507. The first-order valence-corrected chi connectivity index (χ1v) is 9.30. The van der Waals surface area contributed by atoms with E-state index in [0.29, 0.717) is 11.3 Å². The van der Waals surface area contributed by atoms with E-state index in [0.717, 1.165) is 34.3 Å². The van der Waals surface area contributed by atoms with Gasteiger partial charge in [-0.25, -0.2) is 0 Å². The van der Waals surface area contributed by atoms with Crippen molar-refractivity contribution in [3.63, 3.8) is 0 Å². The molecule has 0 saturated carbocycles. The van der Waals surface area contributed by atoms with Gasteiger partial charge in [-0.1, -0.05) is 42.5 Å². The van der Waals surface area contributed by atoms with Crippen molar-refractivity contribution >= 4 is 28.2 Å². The predicted molar refractivity (Wildman–Crippen MR) is 116 cm³/mol. The van der Waals surface area contributed by atoms with Crippen molar-refractivity contribution in [3.8, 4) is 5.75 Å². The van der Waals surface area contributed by atoms with Gasteiger partial charge in [0.05, 0.1) is 23.9 Å². The molecule has 4 rings (SSSR count). The molecule has 29 heavy (non-hydrogen) atoms. The van der Waals surface area contributed by atoms with Crippen molar-refractivity contribution in [3.05, 3.63) is 95.7 Å². The Labute approximate surface area is 169 Å². The molecule has 5 nitrogen and oxygen atoms in total. The average molecular weight is 383 g/mol. The molecule has 144 valence electrons. The van der Waals surface area contributed by atoms with E-state index in [1.165, 1.54) is 11.8 Å². The summed E-state index contributed by atoms with van der Waals surface area (Å²) >= 11 is 0. The highest BCUT2D eigenvalue weighted by Gasteiger charge is 2.14. The highest BCUT2D eigenvalue weighted by Crippen LogP contribution is 2.31. The fourth-order valence-corrected chi connectivity index (χ4v) is 3.35. The Hall–Kier alpha value is -3.86. The summed E-state index contributed by atoms with van der Waals surface area (Å²) in [6.07, 6.45) is 2.31. The van der Waals surface area contributed by atoms with E-state index in [-0.39, 0.29) is 0 Å². The summed E-state index contributed by atoms with van der Waals surface area (Å²) in [6.45, 7) is 0. The number of rotatable bonds is 6. The molecule has 4 aromatic rings. The number of carbonyl (C=O) groups is 1. The van der Waals surface area contributed by atoms with Crippen LogP contribution in [0.5, 0.6) is 5.75 Å². The van der Waals surface area contributed by atoms with Crippen LogP contribution in [0.3, 0.4) is 0 Å². The largest absolute Gasteiger partial charge is 0.497 e. The summed E-state index contributed by atoms with van der Waals surface area (Å²) < 4.78 is 5.30. The number of aromatic nitrogens is 1. The molecule has 1 heterocycles. The lowest BCUT2D eigenvalue weighted by molar-refractivity contribution is 0.100. The van der Waals surface area contributed by atoms with Crippen LogP contribution in [-0.4, -0.2) is 18.0 Å². The van der Waals surface area contributed by atoms with Gasteiger partial charge in [-0.15, -0.1) is 0 Å². The Bertz CT molecular complexity index is 1170. The number of primary amides is 1. The third-order valence-electron chi connectivity index (χ3n) is 4.79. The van der Waals surface area contributed by atoms with Gasteiger partial charge in [0.15, 0.2) is 0 Å². The van der Waals surface area contributed by atoms with Crippen LogP contribution in [0, 0.1) is 0 Å². The first kappa shape index (κ1) is 18.5. The number of hydrogen-bond donors (Lipinski definition) is 2. The van der Waals surface area contributed by atoms with Crippen LogP contribution >= 0.6 is 0 Å². The second kappa shape index (κ2) is 8.02. The minimum atomic E-state index is -0.529. The smallest absolute Gasteiger partial charge is 0.252 e. The number of benzene rings is 3. The van der Waals surface area contributed by atoms with Crippen molar-refractivity contribution in [2.75, 3.05) is 12.4 Å². The summed E-state index contributed by atoms with van der Waals surface area (Å²) in [7, 11) is 1.62. The van der Waals surface area contributed by atoms with Gasteiger partial charge in [-0.2, -0.15) is 0 Å². The molecule has 0 spiro atoms. The highest BCUT2D eigenvalue weighted by atomic mass is 16.5. The lowest BCUT2D eigenvalue weighted by Crippen LogP contribution is -2.14. The normalized spacial score (nSPS) is 10.7. The minimum Gasteiger partial charge on any atom is -0.497 e. The van der Waals surface area contributed by atoms with Crippen LogP contribution in [-0.2, 0) is 6.42 Å². The molecule has 0 bridgehead atoms. The van der Waals surface area contributed by atoms with E-state index in [1.54, 1.807) is 7.11 Å². The third-order valence-corrected chi connectivity index (χ3v) is 4.79. The number of nitrogens with two attached hydrogens (primary N) is 1. The van der Waals surface area contributed by atoms with Crippen molar-refractivity contribution < 1.29 is 9.53 Å². The lowest BCUT2D eigenvalue weighted by atomic mass is 10.0. The van der Waals surface area contributed by atoms with Gasteiger partial charge in [0.25, 0.3) is 5.91 Å². The van der Waals surface area contributed by atoms with Gasteiger partial charge in [0.2, 0.25) is 0 Å². The van der Waals surface area contributed by atoms with Crippen molar-refractivity contribution in [2.45, 2.75) is 6.42 Å². The van der Waals surface area contributed by atoms with Crippen LogP contribution in [0.2, 0.25) is 0 Å². The maximum Gasteiger partial charge on any atom is 0.252 e. The maximum atomic E-state index is 12.1. The molecule has 0 saturated heterocycles. The molecule has 1 aromatic heterocycles. The Morgan fingerprint density at radius 1 is 1.00 bits per heavy atom. The molecule has 1 amide bonds. The highest BCUT2D eigenvalue weighted by molar-refractivity contribution is 6.07. The summed E-state index contributed by atoms with van der Waals surface area (Å²) in [4.78, 5) is 16.5. The molecule has 0 fully saturated rings. The number of methoxy groups -OCH3 is 1. The van der Waals surface area contributed by atoms with Crippen LogP contribution in [0.4, 0.5) is 11.4 Å². The van der Waals surface area contributed by atoms with Gasteiger partial charge in [-0.3, -0.25) is 9.78 Å². The van der Waals surface area contributed by atoms with Crippen LogP contribution in [0.15, 0.2) is 79.0 Å². The van der Waals surface area contributed by atoms with Crippen molar-refractivity contribution in [2.24, 2.45) is 5.73 Å². The van der Waals surface area contributed by atoms with Gasteiger partial charge < -0.3 is 15.8 Å². The topological polar surface area (TPSA) is 77.2 Å². The third kappa shape index (κ3) is 4.04. The van der Waals surface area contributed by atoms with E-state index in [2.05, 4.69) is 34.6 Å². The monoisotopic (exact) mass is 383 g/mol. The molecule has 0 unspecified atom stereocenters. The number of anilines is 2. The molecular formula is C24H21N3O2. The van der Waals surface area contributed by atoms with E-state index < -0.39 is 5.91 Å². The number of nitrogens with one attached hydrogen (secondary N) is 1. The van der Waals surface area contributed by atoms with Gasteiger partial charge in [0, 0.05) is 23.3 Å². The summed E-state index contributed by atoms with van der Waals surface area (Å²) in [6, 6.07) is 23.9. The number of carbonyl (C=O) groups excluding carboxylic acids is 1. The zero-order chi connectivity index (χ0) is 20.2. The van der Waals surface area contributed by atoms with Gasteiger partial charge in [-0.05, 0) is 41.8 Å². The van der Waals surface area contributed by atoms with Crippen LogP contribution in [0.1, 0.15) is 21.5 Å². The van der Waals surface area contributed by atoms with Crippen LogP contribution in [0.25, 0.3) is 10.9 Å². The Morgan fingerprint density at radius 2 is 1.83 bits per heavy atom. The molecule has 0 aliphatic carbocycles. The number of fused-ring (bicyclic) bond motifs is 1. The number of hydrogen-bond acceptors (Lipinski definition) is 4. The zero-order valence-electron chi connectivity index (χ0n) is 16.1. The molecule has 3 aromatic carbocycles. The van der Waals surface area contributed by atoms with Gasteiger partial charge in [0.1, 0.15) is 5.75 Å². The molecule has 0 aliphatic heterocycles. The van der Waals surface area contributed by atoms with Crippen LogP contribution < -0.4 is 15.8 Å². The Morgan fingerprint density at radius 3 is 2.59 bits per heavy atom. The number of amides is 1. The Balaban J connectivity index is 1.81. The molecular weight excluding hydrogens is 362 g/mol. The fourth-order valence-electron chi connectivity index (χ4n) is 3.35. The standard InChI is InChI=1S/C24H21N3O2/c1-29-19-9-5-8-18(14-19)27-23-20-13-17(12-16-6-3-2-4-7-16)10-11-22(20)26-15-21(23)24(25)28/h2-11,13-15H,12H2,1H3,(H2,25,28)(H,26,27). The molecule has 0 radical (unpaired) electrons. The molecule has 3 N–H and O–H groups in total.